The summed E-state index contributed by atoms with van der Waals surface area (Å²) >= 11 is 8.21. The summed E-state index contributed by atoms with van der Waals surface area (Å²) in [5.74, 6) is 0. The van der Waals surface area contributed by atoms with Crippen LogP contribution in [-0.2, 0) is 10.0 Å². The Kier molecular flexibility index (Phi) is 4.99. The highest BCUT2D eigenvalue weighted by molar-refractivity contribution is 7.91. The highest BCUT2D eigenvalue weighted by Crippen LogP contribution is 2.25. The van der Waals surface area contributed by atoms with Crippen LogP contribution in [0.4, 0.5) is 0 Å². The van der Waals surface area contributed by atoms with Gasteiger partial charge in [-0.2, -0.15) is 11.3 Å². The van der Waals surface area contributed by atoms with E-state index in [9.17, 15) is 13.5 Å². The van der Waals surface area contributed by atoms with Crippen molar-refractivity contribution in [3.63, 3.8) is 0 Å². The predicted molar refractivity (Wildman–Crippen MR) is 78.4 cm³/mol. The van der Waals surface area contributed by atoms with Gasteiger partial charge in [0.15, 0.2) is 0 Å². The van der Waals surface area contributed by atoms with E-state index in [0.29, 0.717) is 10.8 Å². The molecule has 0 aliphatic heterocycles. The molecule has 2 aromatic rings. The van der Waals surface area contributed by atoms with Crippen molar-refractivity contribution < 1.29 is 13.5 Å². The molecule has 2 rings (SSSR count). The van der Waals surface area contributed by atoms with Crippen LogP contribution in [0.2, 0.25) is 4.34 Å². The molecule has 0 bridgehead atoms. The summed E-state index contributed by atoms with van der Waals surface area (Å²) in [6, 6.07) is 4.83. The third kappa shape index (κ3) is 4.01. The number of sulfonamides is 1. The maximum absolute atomic E-state index is 11.9. The minimum atomic E-state index is -3.53. The molecule has 0 spiro atoms. The normalized spacial score (nSPS) is 13.6. The molecule has 0 radical (unpaired) electrons. The molecule has 0 unspecified atom stereocenters. The fourth-order valence-electron chi connectivity index (χ4n) is 1.47. The van der Waals surface area contributed by atoms with Crippen LogP contribution in [0, 0.1) is 0 Å². The van der Waals surface area contributed by atoms with Gasteiger partial charge in [-0.15, -0.1) is 11.3 Å². The Morgan fingerprint density at radius 2 is 2.16 bits per heavy atom. The molecule has 0 saturated heterocycles. The van der Waals surface area contributed by atoms with E-state index < -0.39 is 16.1 Å². The molecule has 2 aromatic heterocycles. The lowest BCUT2D eigenvalue weighted by Gasteiger charge is -2.09. The Labute approximate surface area is 124 Å². The van der Waals surface area contributed by atoms with Crippen molar-refractivity contribution in [1.29, 1.82) is 0 Å². The van der Waals surface area contributed by atoms with Crippen LogP contribution in [0.15, 0.2) is 33.2 Å². The zero-order valence-electron chi connectivity index (χ0n) is 9.74. The van der Waals surface area contributed by atoms with E-state index in [1.807, 2.05) is 16.8 Å². The molecule has 2 N–H and O–H groups in total. The van der Waals surface area contributed by atoms with Crippen molar-refractivity contribution >= 4 is 44.3 Å². The molecule has 104 valence electrons. The molecule has 0 saturated carbocycles. The minimum Gasteiger partial charge on any atom is -0.388 e. The number of rotatable bonds is 6. The molecule has 0 aliphatic rings. The van der Waals surface area contributed by atoms with Crippen molar-refractivity contribution in [2.75, 3.05) is 6.54 Å². The zero-order valence-corrected chi connectivity index (χ0v) is 13.0. The van der Waals surface area contributed by atoms with E-state index >= 15 is 0 Å². The Hall–Kier alpha value is -0.440. The van der Waals surface area contributed by atoms with Crippen molar-refractivity contribution in [1.82, 2.24) is 4.72 Å². The van der Waals surface area contributed by atoms with Crippen molar-refractivity contribution in [3.05, 3.63) is 38.9 Å². The Balaban J connectivity index is 1.89. The molecule has 0 aliphatic carbocycles. The van der Waals surface area contributed by atoms with Crippen LogP contribution < -0.4 is 4.72 Å². The van der Waals surface area contributed by atoms with Crippen LogP contribution in [-0.4, -0.2) is 20.1 Å². The fourth-order valence-corrected chi connectivity index (χ4v) is 4.76. The van der Waals surface area contributed by atoms with Crippen molar-refractivity contribution in [2.24, 2.45) is 0 Å². The molecule has 19 heavy (non-hydrogen) atoms. The molecule has 4 nitrogen and oxygen atoms in total. The number of aliphatic hydroxyl groups is 1. The van der Waals surface area contributed by atoms with Crippen LogP contribution in [0.1, 0.15) is 18.1 Å². The molecule has 0 aromatic carbocycles. The van der Waals surface area contributed by atoms with Crippen LogP contribution in [0.25, 0.3) is 0 Å². The third-order valence-electron chi connectivity index (χ3n) is 2.45. The number of hydrogen-bond acceptors (Lipinski definition) is 5. The molecule has 1 atom stereocenters. The molecule has 0 amide bonds. The molecule has 0 fully saturated rings. The van der Waals surface area contributed by atoms with E-state index in [2.05, 4.69) is 4.72 Å². The highest BCUT2D eigenvalue weighted by Gasteiger charge is 2.17. The monoisotopic (exact) mass is 337 g/mol. The molecule has 8 heteroatoms. The lowest BCUT2D eigenvalue weighted by atomic mass is 10.1. The van der Waals surface area contributed by atoms with Gasteiger partial charge in [-0.25, -0.2) is 13.1 Å². The standard InChI is InChI=1S/C11H12ClNO3S3/c12-10-1-2-11(18-10)19(15,16)13-5-3-9(14)8-4-6-17-7-8/h1-2,4,6-7,9,13-14H,3,5H2/t9-/m1/s1. The number of aliphatic hydroxyl groups excluding tert-OH is 1. The van der Waals surface area contributed by atoms with Gasteiger partial charge in [0.1, 0.15) is 4.21 Å². The molecule has 2 heterocycles. The summed E-state index contributed by atoms with van der Waals surface area (Å²) < 4.78 is 26.8. The first-order valence-electron chi connectivity index (χ1n) is 5.44. The quantitative estimate of drug-likeness (QED) is 0.851. The summed E-state index contributed by atoms with van der Waals surface area (Å²) in [6.45, 7) is 0.175. The van der Waals surface area contributed by atoms with Gasteiger partial charge in [-0.3, -0.25) is 0 Å². The van der Waals surface area contributed by atoms with Crippen molar-refractivity contribution in [3.8, 4) is 0 Å². The van der Waals surface area contributed by atoms with Gasteiger partial charge in [0.05, 0.1) is 10.4 Å². The summed E-state index contributed by atoms with van der Waals surface area (Å²) in [7, 11) is -3.53. The van der Waals surface area contributed by atoms with Gasteiger partial charge in [0.25, 0.3) is 0 Å². The second kappa shape index (κ2) is 6.34. The molecular weight excluding hydrogens is 326 g/mol. The smallest absolute Gasteiger partial charge is 0.250 e. The van der Waals surface area contributed by atoms with Gasteiger partial charge in [0, 0.05) is 6.54 Å². The lowest BCUT2D eigenvalue weighted by molar-refractivity contribution is 0.169. The van der Waals surface area contributed by atoms with Gasteiger partial charge in [-0.05, 0) is 40.9 Å². The largest absolute Gasteiger partial charge is 0.388 e. The Morgan fingerprint density at radius 3 is 2.74 bits per heavy atom. The number of nitrogens with one attached hydrogen (secondary N) is 1. The highest BCUT2D eigenvalue weighted by atomic mass is 35.5. The summed E-state index contributed by atoms with van der Waals surface area (Å²) in [4.78, 5) is 0. The molecular formula is C11H12ClNO3S3. The maximum atomic E-state index is 11.9. The first-order chi connectivity index (χ1) is 8.99. The van der Waals surface area contributed by atoms with Gasteiger partial charge in [-0.1, -0.05) is 11.6 Å². The van der Waals surface area contributed by atoms with Crippen LogP contribution in [0.5, 0.6) is 0 Å². The maximum Gasteiger partial charge on any atom is 0.250 e. The first-order valence-corrected chi connectivity index (χ1v) is 9.06. The Morgan fingerprint density at radius 1 is 1.37 bits per heavy atom. The van der Waals surface area contributed by atoms with E-state index in [0.717, 1.165) is 16.9 Å². The van der Waals surface area contributed by atoms with E-state index in [1.54, 1.807) is 6.07 Å². The average Bonchev–Trinajstić information content (AvgIpc) is 2.99. The average molecular weight is 338 g/mol. The second-order valence-electron chi connectivity index (χ2n) is 3.82. The SMILES string of the molecule is O=S(=O)(NCC[C@@H](O)c1ccsc1)c1ccc(Cl)s1. The van der Waals surface area contributed by atoms with E-state index in [-0.39, 0.29) is 10.8 Å². The van der Waals surface area contributed by atoms with Gasteiger partial charge in [0.2, 0.25) is 10.0 Å². The van der Waals surface area contributed by atoms with Gasteiger partial charge >= 0.3 is 0 Å². The van der Waals surface area contributed by atoms with Crippen LogP contribution >= 0.6 is 34.3 Å². The zero-order chi connectivity index (χ0) is 13.9. The number of thiophene rings is 2. The van der Waals surface area contributed by atoms with Crippen LogP contribution in [0.3, 0.4) is 0 Å². The number of hydrogen-bond donors (Lipinski definition) is 2. The first kappa shape index (κ1) is 15.0. The summed E-state index contributed by atoms with van der Waals surface area (Å²) in [5, 5.41) is 13.6. The second-order valence-corrected chi connectivity index (χ2v) is 8.31. The minimum absolute atomic E-state index is 0.175. The number of halogens is 1. The predicted octanol–water partition coefficient (Wildman–Crippen LogP) is 2.87. The topological polar surface area (TPSA) is 66.4 Å². The Bertz CT molecular complexity index is 621. The summed E-state index contributed by atoms with van der Waals surface area (Å²) in [5.41, 5.74) is 0.809. The van der Waals surface area contributed by atoms with Crippen molar-refractivity contribution in [2.45, 2.75) is 16.7 Å². The van der Waals surface area contributed by atoms with Gasteiger partial charge < -0.3 is 5.11 Å². The third-order valence-corrected chi connectivity index (χ3v) is 6.34. The van der Waals surface area contributed by atoms with E-state index in [4.69, 9.17) is 11.6 Å². The lowest BCUT2D eigenvalue weighted by Crippen LogP contribution is -2.25. The summed E-state index contributed by atoms with van der Waals surface area (Å²) in [6.07, 6.45) is -0.324. The fraction of sp³-hybridized carbons (Fsp3) is 0.273. The van der Waals surface area contributed by atoms with E-state index in [1.165, 1.54) is 17.4 Å².